The van der Waals surface area contributed by atoms with Crippen molar-refractivity contribution < 1.29 is 9.59 Å². The zero-order valence-electron chi connectivity index (χ0n) is 13.4. The van der Waals surface area contributed by atoms with Gasteiger partial charge in [-0.25, -0.2) is 0 Å². The Morgan fingerprint density at radius 3 is 2.58 bits per heavy atom. The Balaban J connectivity index is 1.71. The molecule has 2 amide bonds. The number of thioether (sulfide) groups is 1. The van der Waals surface area contributed by atoms with Crippen LogP contribution in [0.15, 0.2) is 18.2 Å². The maximum atomic E-state index is 12.6. The first-order chi connectivity index (χ1) is 11.5. The van der Waals surface area contributed by atoms with Gasteiger partial charge in [0.25, 0.3) is 0 Å². The molecule has 130 valence electrons. The molecular formula is C16H19Cl2N3O2S. The molecular weight excluding hydrogens is 369 g/mol. The Morgan fingerprint density at radius 2 is 1.92 bits per heavy atom. The molecule has 2 heterocycles. The number of piperazine rings is 1. The lowest BCUT2D eigenvalue weighted by Crippen LogP contribution is -2.50. The standard InChI is InChI=1S/C16H19Cl2N3O2S/c1-19-4-6-20(7-5-19)14(22)9-21-15(23)10-24-16(21)11-2-3-12(17)13(18)8-11/h2-3,8,16H,4-7,9-10H2,1H3/t16-/m0/s1. The summed E-state index contributed by atoms with van der Waals surface area (Å²) in [4.78, 5) is 30.5. The maximum Gasteiger partial charge on any atom is 0.242 e. The number of amides is 2. The van der Waals surface area contributed by atoms with Crippen LogP contribution in [-0.2, 0) is 9.59 Å². The van der Waals surface area contributed by atoms with Crippen LogP contribution in [0.25, 0.3) is 0 Å². The number of likely N-dealkylation sites (N-methyl/N-ethyl adjacent to an activating group) is 1. The van der Waals surface area contributed by atoms with Crippen LogP contribution in [0, 0.1) is 0 Å². The van der Waals surface area contributed by atoms with Crippen molar-refractivity contribution in [1.29, 1.82) is 0 Å². The summed E-state index contributed by atoms with van der Waals surface area (Å²) in [6, 6.07) is 5.36. The molecule has 2 fully saturated rings. The maximum absolute atomic E-state index is 12.6. The van der Waals surface area contributed by atoms with Crippen LogP contribution in [-0.4, -0.2) is 72.0 Å². The van der Waals surface area contributed by atoms with E-state index < -0.39 is 0 Å². The molecule has 1 aromatic carbocycles. The van der Waals surface area contributed by atoms with Gasteiger partial charge in [-0.1, -0.05) is 29.3 Å². The van der Waals surface area contributed by atoms with Crippen LogP contribution >= 0.6 is 35.0 Å². The Bertz CT molecular complexity index is 650. The molecule has 2 aliphatic rings. The first kappa shape index (κ1) is 17.9. The smallest absolute Gasteiger partial charge is 0.242 e. The number of carbonyl (C=O) groups is 2. The van der Waals surface area contributed by atoms with Crippen LogP contribution < -0.4 is 0 Å². The predicted octanol–water partition coefficient (Wildman–Crippen LogP) is 2.34. The molecule has 0 unspecified atom stereocenters. The summed E-state index contributed by atoms with van der Waals surface area (Å²) in [7, 11) is 2.04. The quantitative estimate of drug-likeness (QED) is 0.798. The number of halogens is 2. The summed E-state index contributed by atoms with van der Waals surface area (Å²) in [6.07, 6.45) is 0. The van der Waals surface area contributed by atoms with Crippen molar-refractivity contribution >= 4 is 46.8 Å². The van der Waals surface area contributed by atoms with E-state index in [1.54, 1.807) is 17.0 Å². The van der Waals surface area contributed by atoms with Gasteiger partial charge in [0.1, 0.15) is 11.9 Å². The predicted molar refractivity (Wildman–Crippen MR) is 97.5 cm³/mol. The molecule has 2 aliphatic heterocycles. The van der Waals surface area contributed by atoms with E-state index in [0.717, 1.165) is 18.7 Å². The van der Waals surface area contributed by atoms with Gasteiger partial charge in [0.2, 0.25) is 11.8 Å². The second-order valence-electron chi connectivity index (χ2n) is 6.04. The summed E-state index contributed by atoms with van der Waals surface area (Å²) in [5.41, 5.74) is 0.895. The molecule has 3 rings (SSSR count). The van der Waals surface area contributed by atoms with Gasteiger partial charge >= 0.3 is 0 Å². The van der Waals surface area contributed by atoms with E-state index in [-0.39, 0.29) is 23.7 Å². The van der Waals surface area contributed by atoms with E-state index in [0.29, 0.717) is 28.9 Å². The molecule has 0 bridgehead atoms. The van der Waals surface area contributed by atoms with Gasteiger partial charge in [0.15, 0.2) is 0 Å². The van der Waals surface area contributed by atoms with Crippen molar-refractivity contribution in [3.8, 4) is 0 Å². The molecule has 0 aliphatic carbocycles. The molecule has 0 spiro atoms. The van der Waals surface area contributed by atoms with Gasteiger partial charge in [-0.15, -0.1) is 11.8 Å². The molecule has 0 saturated carbocycles. The highest BCUT2D eigenvalue weighted by atomic mass is 35.5. The van der Waals surface area contributed by atoms with Gasteiger partial charge in [0, 0.05) is 26.2 Å². The highest BCUT2D eigenvalue weighted by molar-refractivity contribution is 8.00. The van der Waals surface area contributed by atoms with Crippen LogP contribution in [0.2, 0.25) is 10.0 Å². The molecule has 5 nitrogen and oxygen atoms in total. The van der Waals surface area contributed by atoms with E-state index in [1.807, 2.05) is 18.0 Å². The molecule has 8 heteroatoms. The highest BCUT2D eigenvalue weighted by Gasteiger charge is 2.35. The normalized spacial score (nSPS) is 22.3. The summed E-state index contributed by atoms with van der Waals surface area (Å²) in [6.45, 7) is 3.26. The number of carbonyl (C=O) groups excluding carboxylic acids is 2. The minimum Gasteiger partial charge on any atom is -0.339 e. The molecule has 24 heavy (non-hydrogen) atoms. The fraction of sp³-hybridized carbons (Fsp3) is 0.500. The first-order valence-electron chi connectivity index (χ1n) is 7.78. The number of hydrogen-bond donors (Lipinski definition) is 0. The van der Waals surface area contributed by atoms with Crippen molar-refractivity contribution in [2.45, 2.75) is 5.37 Å². The van der Waals surface area contributed by atoms with E-state index in [9.17, 15) is 9.59 Å². The van der Waals surface area contributed by atoms with Crippen molar-refractivity contribution in [2.75, 3.05) is 45.5 Å². The molecule has 2 saturated heterocycles. The van der Waals surface area contributed by atoms with Crippen LogP contribution in [0.5, 0.6) is 0 Å². The Kier molecular flexibility index (Phi) is 5.59. The zero-order valence-corrected chi connectivity index (χ0v) is 15.7. The lowest BCUT2D eigenvalue weighted by Gasteiger charge is -2.34. The molecule has 0 radical (unpaired) electrons. The minimum atomic E-state index is -0.191. The fourth-order valence-corrected chi connectivity index (χ4v) is 4.35. The zero-order chi connectivity index (χ0) is 17.3. The molecule has 0 aromatic heterocycles. The van der Waals surface area contributed by atoms with Crippen LogP contribution in [0.1, 0.15) is 10.9 Å². The second-order valence-corrected chi connectivity index (χ2v) is 7.93. The third-order valence-corrected chi connectivity index (χ3v) is 6.35. The monoisotopic (exact) mass is 387 g/mol. The van der Waals surface area contributed by atoms with Crippen LogP contribution in [0.3, 0.4) is 0 Å². The third kappa shape index (κ3) is 3.82. The molecule has 1 aromatic rings. The summed E-state index contributed by atoms with van der Waals surface area (Å²) < 4.78 is 0. The average molecular weight is 388 g/mol. The average Bonchev–Trinajstić information content (AvgIpc) is 2.92. The van der Waals surface area contributed by atoms with Crippen molar-refractivity contribution in [3.05, 3.63) is 33.8 Å². The van der Waals surface area contributed by atoms with Gasteiger partial charge < -0.3 is 14.7 Å². The second kappa shape index (κ2) is 7.52. The van der Waals surface area contributed by atoms with Gasteiger partial charge in [0.05, 0.1) is 15.8 Å². The van der Waals surface area contributed by atoms with E-state index in [4.69, 9.17) is 23.2 Å². The number of benzene rings is 1. The van der Waals surface area contributed by atoms with Gasteiger partial charge in [-0.05, 0) is 24.7 Å². The topological polar surface area (TPSA) is 43.9 Å². The summed E-state index contributed by atoms with van der Waals surface area (Å²) >= 11 is 13.6. The SMILES string of the molecule is CN1CCN(C(=O)CN2C(=O)CS[C@H]2c2ccc(Cl)c(Cl)c2)CC1. The number of rotatable bonds is 3. The molecule has 1 atom stereocenters. The summed E-state index contributed by atoms with van der Waals surface area (Å²) in [5, 5.41) is 0.748. The third-order valence-electron chi connectivity index (χ3n) is 4.36. The highest BCUT2D eigenvalue weighted by Crippen LogP contribution is 2.40. The number of hydrogen-bond acceptors (Lipinski definition) is 4. The van der Waals surface area contributed by atoms with Gasteiger partial charge in [-0.3, -0.25) is 9.59 Å². The Labute approximate surface area is 155 Å². The Hall–Kier alpha value is -0.950. The minimum absolute atomic E-state index is 0.00371. The van der Waals surface area contributed by atoms with Crippen molar-refractivity contribution in [1.82, 2.24) is 14.7 Å². The van der Waals surface area contributed by atoms with Crippen LogP contribution in [0.4, 0.5) is 0 Å². The van der Waals surface area contributed by atoms with Crippen molar-refractivity contribution in [2.24, 2.45) is 0 Å². The fourth-order valence-electron chi connectivity index (χ4n) is 2.87. The number of nitrogens with zero attached hydrogens (tertiary/aromatic N) is 3. The van der Waals surface area contributed by atoms with E-state index in [2.05, 4.69) is 4.90 Å². The largest absolute Gasteiger partial charge is 0.339 e. The van der Waals surface area contributed by atoms with E-state index in [1.165, 1.54) is 11.8 Å². The lowest BCUT2D eigenvalue weighted by atomic mass is 10.2. The summed E-state index contributed by atoms with van der Waals surface area (Å²) in [5.74, 6) is 0.364. The van der Waals surface area contributed by atoms with Gasteiger partial charge in [-0.2, -0.15) is 0 Å². The molecule has 0 N–H and O–H groups in total. The lowest BCUT2D eigenvalue weighted by molar-refractivity contribution is -0.140. The Morgan fingerprint density at radius 1 is 1.21 bits per heavy atom. The van der Waals surface area contributed by atoms with Crippen molar-refractivity contribution in [3.63, 3.8) is 0 Å². The van der Waals surface area contributed by atoms with E-state index >= 15 is 0 Å². The first-order valence-corrected chi connectivity index (χ1v) is 9.58.